The first kappa shape index (κ1) is 17.7. The van der Waals surface area contributed by atoms with Gasteiger partial charge in [0.15, 0.2) is 6.61 Å². The topological polar surface area (TPSA) is 38.3 Å². The molecule has 0 spiro atoms. The van der Waals surface area contributed by atoms with Crippen molar-refractivity contribution in [2.75, 3.05) is 13.2 Å². The van der Waals surface area contributed by atoms with Crippen molar-refractivity contribution < 1.29 is 9.53 Å². The Balaban J connectivity index is 1.46. The van der Waals surface area contributed by atoms with Crippen molar-refractivity contribution in [2.45, 2.75) is 12.8 Å². The van der Waals surface area contributed by atoms with E-state index in [1.165, 1.54) is 5.56 Å². The number of rotatable bonds is 8. The Morgan fingerprint density at radius 3 is 2.23 bits per heavy atom. The Morgan fingerprint density at radius 2 is 1.46 bits per heavy atom. The van der Waals surface area contributed by atoms with Crippen LogP contribution in [0.1, 0.15) is 12.0 Å². The monoisotopic (exact) mass is 345 g/mol. The summed E-state index contributed by atoms with van der Waals surface area (Å²) in [7, 11) is 0. The second kappa shape index (κ2) is 9.42. The molecule has 26 heavy (non-hydrogen) atoms. The molecule has 3 aromatic rings. The van der Waals surface area contributed by atoms with E-state index in [9.17, 15) is 4.79 Å². The highest BCUT2D eigenvalue weighted by molar-refractivity contribution is 5.78. The van der Waals surface area contributed by atoms with Crippen LogP contribution in [0.15, 0.2) is 84.9 Å². The Labute approximate surface area is 154 Å². The molecule has 0 atom stereocenters. The van der Waals surface area contributed by atoms with Gasteiger partial charge in [0.25, 0.3) is 5.91 Å². The van der Waals surface area contributed by atoms with Crippen LogP contribution in [0, 0.1) is 0 Å². The summed E-state index contributed by atoms with van der Waals surface area (Å²) in [6.07, 6.45) is 1.87. The van der Waals surface area contributed by atoms with Crippen LogP contribution in [0.4, 0.5) is 0 Å². The average Bonchev–Trinajstić information content (AvgIpc) is 2.71. The van der Waals surface area contributed by atoms with Gasteiger partial charge in [-0.3, -0.25) is 4.79 Å². The zero-order chi connectivity index (χ0) is 18.0. The number of nitrogens with one attached hydrogen (secondary N) is 1. The molecule has 3 rings (SSSR count). The van der Waals surface area contributed by atoms with E-state index in [1.54, 1.807) is 0 Å². The lowest BCUT2D eigenvalue weighted by molar-refractivity contribution is -0.123. The first-order valence-corrected chi connectivity index (χ1v) is 8.91. The largest absolute Gasteiger partial charge is 0.483 e. The SMILES string of the molecule is O=C(COc1ccccc1-c1ccccc1)NCCCc1ccccc1. The van der Waals surface area contributed by atoms with Crippen molar-refractivity contribution in [1.29, 1.82) is 0 Å². The Kier molecular flexibility index (Phi) is 6.43. The van der Waals surface area contributed by atoms with Crippen LogP contribution in [0.2, 0.25) is 0 Å². The van der Waals surface area contributed by atoms with Gasteiger partial charge in [-0.05, 0) is 30.0 Å². The van der Waals surface area contributed by atoms with Crippen LogP contribution in [0.5, 0.6) is 5.75 Å². The first-order chi connectivity index (χ1) is 12.8. The molecule has 3 aromatic carbocycles. The third kappa shape index (κ3) is 5.21. The lowest BCUT2D eigenvalue weighted by Gasteiger charge is -2.12. The summed E-state index contributed by atoms with van der Waals surface area (Å²) in [5.41, 5.74) is 3.35. The molecule has 0 saturated heterocycles. The van der Waals surface area contributed by atoms with E-state index < -0.39 is 0 Å². The van der Waals surface area contributed by atoms with Crippen LogP contribution in [0.25, 0.3) is 11.1 Å². The average molecular weight is 345 g/mol. The quantitative estimate of drug-likeness (QED) is 0.611. The fourth-order valence-corrected chi connectivity index (χ4v) is 2.81. The number of carbonyl (C=O) groups is 1. The molecule has 0 unspecified atom stereocenters. The Hall–Kier alpha value is -3.07. The number of ether oxygens (including phenoxy) is 1. The van der Waals surface area contributed by atoms with E-state index in [2.05, 4.69) is 17.4 Å². The van der Waals surface area contributed by atoms with Crippen molar-refractivity contribution in [1.82, 2.24) is 5.32 Å². The molecule has 3 heteroatoms. The van der Waals surface area contributed by atoms with E-state index >= 15 is 0 Å². The zero-order valence-corrected chi connectivity index (χ0v) is 14.7. The van der Waals surface area contributed by atoms with Gasteiger partial charge in [-0.15, -0.1) is 0 Å². The molecule has 0 saturated carbocycles. The van der Waals surface area contributed by atoms with Crippen LogP contribution in [0.3, 0.4) is 0 Å². The van der Waals surface area contributed by atoms with E-state index in [1.807, 2.05) is 72.8 Å². The number of benzene rings is 3. The van der Waals surface area contributed by atoms with Crippen molar-refractivity contribution >= 4 is 5.91 Å². The molecule has 0 aliphatic heterocycles. The molecule has 1 N–H and O–H groups in total. The summed E-state index contributed by atoms with van der Waals surface area (Å²) in [5.74, 6) is 0.624. The molecule has 0 fully saturated rings. The second-order valence-electron chi connectivity index (χ2n) is 6.09. The van der Waals surface area contributed by atoms with Gasteiger partial charge in [0.05, 0.1) is 0 Å². The fourth-order valence-electron chi connectivity index (χ4n) is 2.81. The second-order valence-corrected chi connectivity index (χ2v) is 6.09. The Morgan fingerprint density at radius 1 is 0.808 bits per heavy atom. The van der Waals surface area contributed by atoms with Gasteiger partial charge in [-0.2, -0.15) is 0 Å². The molecular formula is C23H23NO2. The van der Waals surface area contributed by atoms with Crippen LogP contribution >= 0.6 is 0 Å². The Bertz CT molecular complexity index is 816. The fraction of sp³-hybridized carbons (Fsp3) is 0.174. The summed E-state index contributed by atoms with van der Waals surface area (Å²) in [5, 5.41) is 2.92. The third-order valence-corrected chi connectivity index (χ3v) is 4.14. The number of carbonyl (C=O) groups excluding carboxylic acids is 1. The summed E-state index contributed by atoms with van der Waals surface area (Å²) in [6, 6.07) is 28.1. The highest BCUT2D eigenvalue weighted by Crippen LogP contribution is 2.29. The van der Waals surface area contributed by atoms with E-state index in [0.29, 0.717) is 6.54 Å². The highest BCUT2D eigenvalue weighted by Gasteiger charge is 2.08. The van der Waals surface area contributed by atoms with E-state index in [-0.39, 0.29) is 12.5 Å². The summed E-state index contributed by atoms with van der Waals surface area (Å²) >= 11 is 0. The van der Waals surface area contributed by atoms with Crippen molar-refractivity contribution in [3.8, 4) is 16.9 Å². The lowest BCUT2D eigenvalue weighted by atomic mass is 10.1. The molecule has 0 radical (unpaired) electrons. The molecule has 1 amide bonds. The molecule has 0 aliphatic carbocycles. The van der Waals surface area contributed by atoms with Crippen LogP contribution in [-0.4, -0.2) is 19.1 Å². The normalized spacial score (nSPS) is 10.3. The van der Waals surface area contributed by atoms with Crippen molar-refractivity contribution in [3.05, 3.63) is 90.5 Å². The maximum Gasteiger partial charge on any atom is 0.257 e. The summed E-state index contributed by atoms with van der Waals surface area (Å²) in [6.45, 7) is 0.673. The number of aryl methyl sites for hydroxylation is 1. The molecule has 0 aromatic heterocycles. The smallest absolute Gasteiger partial charge is 0.257 e. The van der Waals surface area contributed by atoms with Crippen LogP contribution < -0.4 is 10.1 Å². The maximum atomic E-state index is 12.0. The van der Waals surface area contributed by atoms with E-state index in [4.69, 9.17) is 4.74 Å². The van der Waals surface area contributed by atoms with Gasteiger partial charge in [-0.1, -0.05) is 78.9 Å². The summed E-state index contributed by atoms with van der Waals surface area (Å²) in [4.78, 5) is 12.0. The molecule has 0 heterocycles. The number of hydrogen-bond donors (Lipinski definition) is 1. The predicted octanol–water partition coefficient (Wildman–Crippen LogP) is 4.48. The first-order valence-electron chi connectivity index (χ1n) is 8.91. The van der Waals surface area contributed by atoms with Gasteiger partial charge in [0, 0.05) is 12.1 Å². The van der Waals surface area contributed by atoms with E-state index in [0.717, 1.165) is 29.7 Å². The minimum Gasteiger partial charge on any atom is -0.483 e. The minimum atomic E-state index is -0.0964. The van der Waals surface area contributed by atoms with Crippen LogP contribution in [-0.2, 0) is 11.2 Å². The lowest BCUT2D eigenvalue weighted by Crippen LogP contribution is -2.30. The number of amides is 1. The molecule has 3 nitrogen and oxygen atoms in total. The zero-order valence-electron chi connectivity index (χ0n) is 14.7. The van der Waals surface area contributed by atoms with Gasteiger partial charge in [0.1, 0.15) is 5.75 Å². The molecule has 0 bridgehead atoms. The van der Waals surface area contributed by atoms with Crippen molar-refractivity contribution in [3.63, 3.8) is 0 Å². The van der Waals surface area contributed by atoms with Crippen molar-refractivity contribution in [2.24, 2.45) is 0 Å². The predicted molar refractivity (Wildman–Crippen MR) is 105 cm³/mol. The highest BCUT2D eigenvalue weighted by atomic mass is 16.5. The maximum absolute atomic E-state index is 12.0. The van der Waals surface area contributed by atoms with Gasteiger partial charge in [0.2, 0.25) is 0 Å². The third-order valence-electron chi connectivity index (χ3n) is 4.14. The number of para-hydroxylation sites is 1. The molecular weight excluding hydrogens is 322 g/mol. The summed E-state index contributed by atoms with van der Waals surface area (Å²) < 4.78 is 5.76. The van der Waals surface area contributed by atoms with Gasteiger partial charge >= 0.3 is 0 Å². The van der Waals surface area contributed by atoms with Gasteiger partial charge < -0.3 is 10.1 Å². The number of hydrogen-bond acceptors (Lipinski definition) is 2. The minimum absolute atomic E-state index is 0.0230. The molecule has 132 valence electrons. The standard InChI is InChI=1S/C23H23NO2/c25-23(24-17-9-12-19-10-3-1-4-11-19)18-26-22-16-8-7-15-21(22)20-13-5-2-6-14-20/h1-8,10-11,13-16H,9,12,17-18H2,(H,24,25). The van der Waals surface area contributed by atoms with Gasteiger partial charge in [-0.25, -0.2) is 0 Å². The molecule has 0 aliphatic rings.